The van der Waals surface area contributed by atoms with Crippen LogP contribution in [0, 0.1) is 5.82 Å². The minimum atomic E-state index is -0.501. The molecule has 3 aromatic rings. The molecule has 0 aliphatic carbocycles. The van der Waals surface area contributed by atoms with Crippen LogP contribution in [0.4, 0.5) is 4.39 Å². The van der Waals surface area contributed by atoms with E-state index in [4.69, 9.17) is 37.5 Å². The Kier molecular flexibility index (Phi) is 6.91. The van der Waals surface area contributed by atoms with Crippen LogP contribution in [0.2, 0.25) is 10.0 Å². The third kappa shape index (κ3) is 4.83. The lowest BCUT2D eigenvalue weighted by Crippen LogP contribution is -2.23. The highest BCUT2D eigenvalue weighted by molar-refractivity contribution is 6.45. The number of pyridine rings is 1. The Morgan fingerprint density at radius 3 is 2.68 bits per heavy atom. The summed E-state index contributed by atoms with van der Waals surface area (Å²) in [5, 5.41) is 4.08. The molecule has 0 fully saturated rings. The van der Waals surface area contributed by atoms with Gasteiger partial charge >= 0.3 is 0 Å². The second kappa shape index (κ2) is 9.39. The molecule has 0 spiro atoms. The van der Waals surface area contributed by atoms with E-state index in [1.807, 2.05) is 12.1 Å². The number of halogens is 3. The van der Waals surface area contributed by atoms with E-state index >= 15 is 0 Å². The highest BCUT2D eigenvalue weighted by Crippen LogP contribution is 2.35. The van der Waals surface area contributed by atoms with E-state index in [0.29, 0.717) is 34.7 Å². The molecule has 0 radical (unpaired) electrons. The summed E-state index contributed by atoms with van der Waals surface area (Å²) in [6.07, 6.45) is 1.47. The molecule has 3 rings (SSSR count). The fourth-order valence-electron chi connectivity index (χ4n) is 2.55. The van der Waals surface area contributed by atoms with Gasteiger partial charge < -0.3 is 14.3 Å². The number of rotatable bonds is 8. The van der Waals surface area contributed by atoms with Gasteiger partial charge in [0.2, 0.25) is 0 Å². The SMILES string of the molecule is CON(C)CCOc1cnc(COc2cccc3c(Cl)c(Cl)ccc23)c(F)c1. The highest BCUT2D eigenvalue weighted by Gasteiger charge is 2.11. The molecule has 5 nitrogen and oxygen atoms in total. The molecule has 0 bridgehead atoms. The average Bonchev–Trinajstić information content (AvgIpc) is 2.70. The van der Waals surface area contributed by atoms with Gasteiger partial charge in [0.1, 0.15) is 30.4 Å². The van der Waals surface area contributed by atoms with Gasteiger partial charge in [0, 0.05) is 23.9 Å². The first-order valence-corrected chi connectivity index (χ1v) is 9.27. The Labute approximate surface area is 172 Å². The fraction of sp³-hybridized carbons (Fsp3) is 0.250. The maximum absolute atomic E-state index is 14.3. The van der Waals surface area contributed by atoms with E-state index in [0.717, 1.165) is 10.8 Å². The van der Waals surface area contributed by atoms with E-state index in [2.05, 4.69) is 4.98 Å². The maximum Gasteiger partial charge on any atom is 0.151 e. The summed E-state index contributed by atoms with van der Waals surface area (Å²) < 4.78 is 25.6. The molecule has 8 heteroatoms. The van der Waals surface area contributed by atoms with Crippen LogP contribution in [0.3, 0.4) is 0 Å². The summed E-state index contributed by atoms with van der Waals surface area (Å²) >= 11 is 12.3. The minimum Gasteiger partial charge on any atom is -0.490 e. The maximum atomic E-state index is 14.3. The Hall–Kier alpha value is -2.12. The molecule has 0 aliphatic rings. The smallest absolute Gasteiger partial charge is 0.151 e. The average molecular weight is 425 g/mol. The first-order valence-electron chi connectivity index (χ1n) is 8.51. The second-order valence-corrected chi connectivity index (χ2v) is 6.77. The zero-order valence-electron chi connectivity index (χ0n) is 15.4. The molecule has 0 unspecified atom stereocenters. The molecule has 2 aromatic carbocycles. The molecule has 28 heavy (non-hydrogen) atoms. The summed E-state index contributed by atoms with van der Waals surface area (Å²) in [6.45, 7) is 0.856. The predicted molar refractivity (Wildman–Crippen MR) is 108 cm³/mol. The van der Waals surface area contributed by atoms with Gasteiger partial charge in [0.05, 0.1) is 29.9 Å². The van der Waals surface area contributed by atoms with Crippen molar-refractivity contribution >= 4 is 34.0 Å². The number of benzene rings is 2. The largest absolute Gasteiger partial charge is 0.490 e. The molecule has 0 saturated heterocycles. The van der Waals surface area contributed by atoms with E-state index in [9.17, 15) is 4.39 Å². The van der Waals surface area contributed by atoms with Crippen molar-refractivity contribution in [2.24, 2.45) is 0 Å². The first kappa shape index (κ1) is 20.6. The van der Waals surface area contributed by atoms with Crippen LogP contribution >= 0.6 is 23.2 Å². The van der Waals surface area contributed by atoms with Crippen LogP contribution in [0.5, 0.6) is 11.5 Å². The molecule has 1 aromatic heterocycles. The van der Waals surface area contributed by atoms with Crippen molar-refractivity contribution < 1.29 is 18.7 Å². The monoisotopic (exact) mass is 424 g/mol. The number of hydroxylamine groups is 2. The van der Waals surface area contributed by atoms with Crippen LogP contribution in [0.15, 0.2) is 42.6 Å². The summed E-state index contributed by atoms with van der Waals surface area (Å²) in [7, 11) is 3.34. The molecule has 0 aliphatic heterocycles. The van der Waals surface area contributed by atoms with Gasteiger partial charge in [0.25, 0.3) is 0 Å². The van der Waals surface area contributed by atoms with Crippen molar-refractivity contribution in [2.45, 2.75) is 6.61 Å². The second-order valence-electron chi connectivity index (χ2n) is 5.98. The van der Waals surface area contributed by atoms with Gasteiger partial charge in [-0.15, -0.1) is 0 Å². The van der Waals surface area contributed by atoms with E-state index in [-0.39, 0.29) is 12.3 Å². The van der Waals surface area contributed by atoms with Crippen molar-refractivity contribution in [1.29, 1.82) is 0 Å². The Bertz CT molecular complexity index is 972. The Morgan fingerprint density at radius 2 is 1.93 bits per heavy atom. The number of hydrogen-bond donors (Lipinski definition) is 0. The van der Waals surface area contributed by atoms with Crippen LogP contribution < -0.4 is 9.47 Å². The topological polar surface area (TPSA) is 43.8 Å². The van der Waals surface area contributed by atoms with Crippen LogP contribution in [0.1, 0.15) is 5.69 Å². The highest BCUT2D eigenvalue weighted by atomic mass is 35.5. The van der Waals surface area contributed by atoms with E-state index < -0.39 is 5.82 Å². The predicted octanol–water partition coefficient (Wildman–Crippen LogP) is 5.13. The van der Waals surface area contributed by atoms with E-state index in [1.165, 1.54) is 12.3 Å². The third-order valence-electron chi connectivity index (χ3n) is 4.15. The number of nitrogens with zero attached hydrogens (tertiary/aromatic N) is 2. The van der Waals surface area contributed by atoms with Gasteiger partial charge in [0.15, 0.2) is 5.82 Å². The first-order chi connectivity index (χ1) is 13.5. The van der Waals surface area contributed by atoms with Crippen molar-refractivity contribution in [1.82, 2.24) is 10.0 Å². The van der Waals surface area contributed by atoms with Crippen molar-refractivity contribution in [3.05, 3.63) is 64.2 Å². The Balaban J connectivity index is 1.68. The molecule has 0 saturated carbocycles. The fourth-order valence-corrected chi connectivity index (χ4v) is 2.95. The summed E-state index contributed by atoms with van der Waals surface area (Å²) in [4.78, 5) is 9.09. The van der Waals surface area contributed by atoms with Gasteiger partial charge in [-0.3, -0.25) is 4.98 Å². The van der Waals surface area contributed by atoms with E-state index in [1.54, 1.807) is 37.4 Å². The van der Waals surface area contributed by atoms with Crippen LogP contribution in [-0.4, -0.2) is 37.4 Å². The lowest BCUT2D eigenvalue weighted by atomic mass is 10.1. The quantitative estimate of drug-likeness (QED) is 0.468. The summed E-state index contributed by atoms with van der Waals surface area (Å²) in [6, 6.07) is 10.2. The molecular weight excluding hydrogens is 406 g/mol. The zero-order chi connectivity index (χ0) is 20.1. The molecule has 1 heterocycles. The van der Waals surface area contributed by atoms with Crippen molar-refractivity contribution in [2.75, 3.05) is 27.3 Å². The summed E-state index contributed by atoms with van der Waals surface area (Å²) in [5.74, 6) is 0.413. The van der Waals surface area contributed by atoms with Crippen molar-refractivity contribution in [3.63, 3.8) is 0 Å². The normalized spacial score (nSPS) is 11.2. The number of ether oxygens (including phenoxy) is 2. The van der Waals surface area contributed by atoms with Crippen molar-refractivity contribution in [3.8, 4) is 11.5 Å². The molecule has 0 atom stereocenters. The van der Waals surface area contributed by atoms with Gasteiger partial charge in [-0.2, -0.15) is 5.06 Å². The number of hydrogen-bond acceptors (Lipinski definition) is 5. The zero-order valence-corrected chi connectivity index (χ0v) is 16.9. The number of fused-ring (bicyclic) bond motifs is 1. The Morgan fingerprint density at radius 1 is 1.11 bits per heavy atom. The number of likely N-dealkylation sites (N-methyl/N-ethyl adjacent to an activating group) is 1. The van der Waals surface area contributed by atoms with Gasteiger partial charge in [-0.1, -0.05) is 35.3 Å². The third-order valence-corrected chi connectivity index (χ3v) is 4.97. The molecule has 0 amide bonds. The molecular formula is C20H19Cl2FN2O3. The molecule has 0 N–H and O–H groups in total. The summed E-state index contributed by atoms with van der Waals surface area (Å²) in [5.41, 5.74) is 0.179. The lowest BCUT2D eigenvalue weighted by Gasteiger charge is -2.14. The lowest BCUT2D eigenvalue weighted by molar-refractivity contribution is -0.113. The number of aromatic nitrogens is 1. The van der Waals surface area contributed by atoms with Crippen LogP contribution in [-0.2, 0) is 11.4 Å². The molecule has 148 valence electrons. The minimum absolute atomic E-state index is 0.0299. The van der Waals surface area contributed by atoms with Crippen LogP contribution in [0.25, 0.3) is 10.8 Å². The standard InChI is InChI=1S/C20H19Cl2FN2O3/c1-25(26-2)8-9-27-13-10-17(23)18(24-11-13)12-28-19-5-3-4-15-14(19)6-7-16(21)20(15)22/h3-7,10-11H,8-9,12H2,1-2H3. The van der Waals surface area contributed by atoms with Gasteiger partial charge in [-0.25, -0.2) is 4.39 Å². The van der Waals surface area contributed by atoms with Gasteiger partial charge in [-0.05, 0) is 18.2 Å².